The zero-order valence-corrected chi connectivity index (χ0v) is 13.2. The zero-order valence-electron chi connectivity index (χ0n) is 13.2. The maximum atomic E-state index is 11.5. The Kier molecular flexibility index (Phi) is 3.08. The highest BCUT2D eigenvalue weighted by Gasteiger charge is 2.30. The number of nitrogens with zero attached hydrogens (tertiary/aromatic N) is 1. The zero-order chi connectivity index (χ0) is 15.4. The molecule has 2 aromatic rings. The lowest BCUT2D eigenvalue weighted by Crippen LogP contribution is -2.27. The van der Waals surface area contributed by atoms with Crippen LogP contribution in [0.1, 0.15) is 54.5 Å². The molecule has 0 saturated carbocycles. The Balaban J connectivity index is 2.08. The molecule has 1 amide bonds. The van der Waals surface area contributed by atoms with Crippen LogP contribution in [0.15, 0.2) is 6.07 Å². The fraction of sp³-hybridized carbons (Fsp3) is 0.529. The van der Waals surface area contributed by atoms with E-state index in [1.807, 2.05) is 6.92 Å². The van der Waals surface area contributed by atoms with Gasteiger partial charge in [-0.2, -0.15) is 0 Å². The number of fused-ring (bicyclic) bond motifs is 2. The first-order valence-corrected chi connectivity index (χ1v) is 7.58. The fourth-order valence-corrected chi connectivity index (χ4v) is 3.38. The SMILES string of the molecule is Cc1c(C(N)=O)[nH]c2cc3c(nc12)CCC(C(C)(C)C)C3. The van der Waals surface area contributed by atoms with Gasteiger partial charge in [0, 0.05) is 11.3 Å². The van der Waals surface area contributed by atoms with Crippen LogP contribution in [0.4, 0.5) is 0 Å². The predicted molar refractivity (Wildman–Crippen MR) is 84.3 cm³/mol. The monoisotopic (exact) mass is 285 g/mol. The van der Waals surface area contributed by atoms with Gasteiger partial charge >= 0.3 is 0 Å². The molecular formula is C17H23N3O. The number of carbonyl (C=O) groups is 1. The molecule has 0 radical (unpaired) electrons. The van der Waals surface area contributed by atoms with Gasteiger partial charge in [-0.1, -0.05) is 20.8 Å². The number of aromatic amines is 1. The number of rotatable bonds is 1. The second kappa shape index (κ2) is 4.58. The maximum Gasteiger partial charge on any atom is 0.265 e. The van der Waals surface area contributed by atoms with Gasteiger partial charge in [0.2, 0.25) is 0 Å². The summed E-state index contributed by atoms with van der Waals surface area (Å²) in [7, 11) is 0. The largest absolute Gasteiger partial charge is 0.364 e. The lowest BCUT2D eigenvalue weighted by Gasteiger charge is -2.34. The van der Waals surface area contributed by atoms with Crippen molar-refractivity contribution in [3.63, 3.8) is 0 Å². The third-order valence-electron chi connectivity index (χ3n) is 4.85. The topological polar surface area (TPSA) is 71.8 Å². The number of primary amides is 1. The molecule has 1 aliphatic rings. The summed E-state index contributed by atoms with van der Waals surface area (Å²) in [5.74, 6) is 0.256. The van der Waals surface area contributed by atoms with E-state index in [0.29, 0.717) is 17.0 Å². The molecule has 3 rings (SSSR count). The molecule has 1 atom stereocenters. The van der Waals surface area contributed by atoms with Crippen molar-refractivity contribution in [2.45, 2.75) is 47.0 Å². The van der Waals surface area contributed by atoms with E-state index in [1.165, 1.54) is 17.7 Å². The van der Waals surface area contributed by atoms with Crippen molar-refractivity contribution in [3.05, 3.63) is 28.6 Å². The minimum absolute atomic E-state index is 0.316. The van der Waals surface area contributed by atoms with Gasteiger partial charge in [-0.15, -0.1) is 0 Å². The number of hydrogen-bond acceptors (Lipinski definition) is 2. The van der Waals surface area contributed by atoms with Crippen LogP contribution < -0.4 is 5.73 Å². The molecule has 2 aromatic heterocycles. The van der Waals surface area contributed by atoms with Crippen molar-refractivity contribution in [1.29, 1.82) is 0 Å². The highest BCUT2D eigenvalue weighted by Crippen LogP contribution is 2.37. The average molecular weight is 285 g/mol. The number of pyridine rings is 1. The van der Waals surface area contributed by atoms with E-state index < -0.39 is 5.91 Å². The average Bonchev–Trinajstić information content (AvgIpc) is 2.72. The van der Waals surface area contributed by atoms with Crippen LogP contribution in [0.25, 0.3) is 11.0 Å². The van der Waals surface area contributed by atoms with Gasteiger partial charge in [0.25, 0.3) is 5.91 Å². The van der Waals surface area contributed by atoms with Crippen molar-refractivity contribution in [2.24, 2.45) is 17.1 Å². The third-order valence-corrected chi connectivity index (χ3v) is 4.85. The molecule has 4 heteroatoms. The Morgan fingerprint density at radius 3 is 2.76 bits per heavy atom. The fourth-order valence-electron chi connectivity index (χ4n) is 3.38. The molecule has 0 aliphatic heterocycles. The number of carbonyl (C=O) groups excluding carboxylic acids is 1. The van der Waals surface area contributed by atoms with Crippen molar-refractivity contribution in [3.8, 4) is 0 Å². The molecule has 112 valence electrons. The van der Waals surface area contributed by atoms with Crippen molar-refractivity contribution >= 4 is 16.9 Å². The minimum atomic E-state index is -0.420. The molecule has 0 fully saturated rings. The van der Waals surface area contributed by atoms with Gasteiger partial charge in [0.15, 0.2) is 0 Å². The summed E-state index contributed by atoms with van der Waals surface area (Å²) in [5, 5.41) is 0. The quantitative estimate of drug-likeness (QED) is 0.845. The maximum absolute atomic E-state index is 11.5. The molecule has 3 N–H and O–H groups in total. The van der Waals surface area contributed by atoms with Gasteiger partial charge in [-0.3, -0.25) is 9.78 Å². The predicted octanol–water partition coefficient (Wildman–Crippen LogP) is 3.12. The van der Waals surface area contributed by atoms with E-state index in [9.17, 15) is 4.79 Å². The molecule has 1 aliphatic carbocycles. The summed E-state index contributed by atoms with van der Waals surface area (Å²) >= 11 is 0. The van der Waals surface area contributed by atoms with Crippen LogP contribution in [0, 0.1) is 18.3 Å². The van der Waals surface area contributed by atoms with Crippen molar-refractivity contribution in [2.75, 3.05) is 0 Å². The first-order valence-electron chi connectivity index (χ1n) is 7.58. The highest BCUT2D eigenvalue weighted by molar-refractivity contribution is 5.99. The first-order chi connectivity index (χ1) is 9.77. The smallest absolute Gasteiger partial charge is 0.265 e. The number of hydrogen-bond donors (Lipinski definition) is 2. The minimum Gasteiger partial charge on any atom is -0.364 e. The van der Waals surface area contributed by atoms with E-state index in [1.54, 1.807) is 0 Å². The number of amides is 1. The number of nitrogens with one attached hydrogen (secondary N) is 1. The van der Waals surface area contributed by atoms with Crippen LogP contribution in [0.2, 0.25) is 0 Å². The molecule has 4 nitrogen and oxygen atoms in total. The van der Waals surface area contributed by atoms with E-state index in [4.69, 9.17) is 10.7 Å². The van der Waals surface area contributed by atoms with Gasteiger partial charge in [-0.25, -0.2) is 0 Å². The Bertz CT molecular complexity index is 722. The lowest BCUT2D eigenvalue weighted by atomic mass is 9.71. The molecule has 2 heterocycles. The lowest BCUT2D eigenvalue weighted by molar-refractivity contribution is 0.0996. The summed E-state index contributed by atoms with van der Waals surface area (Å²) < 4.78 is 0. The number of nitrogens with two attached hydrogens (primary N) is 1. The molecule has 0 spiro atoms. The van der Waals surface area contributed by atoms with Crippen LogP contribution in [-0.4, -0.2) is 15.9 Å². The van der Waals surface area contributed by atoms with Crippen LogP contribution in [0.5, 0.6) is 0 Å². The number of H-pyrrole nitrogens is 1. The summed E-state index contributed by atoms with van der Waals surface area (Å²) in [5.41, 5.74) is 11.4. The number of aryl methyl sites for hydroxylation is 2. The molecule has 1 unspecified atom stereocenters. The first kappa shape index (κ1) is 14.1. The Labute approximate surface area is 125 Å². The normalized spacial score (nSPS) is 18.8. The number of aromatic nitrogens is 2. The second-order valence-electron chi connectivity index (χ2n) is 7.29. The standard InChI is InChI=1S/C17H23N3O/c1-9-14-13(20-15(9)16(18)21)8-10-7-11(17(2,3)4)5-6-12(10)19-14/h8,11,20H,5-7H2,1-4H3,(H2,18,21). The van der Waals surface area contributed by atoms with Crippen LogP contribution in [-0.2, 0) is 12.8 Å². The van der Waals surface area contributed by atoms with Gasteiger partial charge in [-0.05, 0) is 49.1 Å². The molecule has 0 saturated heterocycles. The molecule has 0 bridgehead atoms. The van der Waals surface area contributed by atoms with E-state index in [2.05, 4.69) is 31.8 Å². The van der Waals surface area contributed by atoms with E-state index in [-0.39, 0.29) is 0 Å². The Morgan fingerprint density at radius 1 is 1.43 bits per heavy atom. The van der Waals surface area contributed by atoms with E-state index >= 15 is 0 Å². The van der Waals surface area contributed by atoms with Crippen LogP contribution >= 0.6 is 0 Å². The third kappa shape index (κ3) is 2.33. The van der Waals surface area contributed by atoms with Gasteiger partial charge < -0.3 is 10.7 Å². The molecule has 21 heavy (non-hydrogen) atoms. The molecular weight excluding hydrogens is 262 g/mol. The van der Waals surface area contributed by atoms with Gasteiger partial charge in [0.1, 0.15) is 5.69 Å². The second-order valence-corrected chi connectivity index (χ2v) is 7.29. The summed E-state index contributed by atoms with van der Waals surface area (Å²) in [6.45, 7) is 8.81. The van der Waals surface area contributed by atoms with Crippen LogP contribution in [0.3, 0.4) is 0 Å². The summed E-state index contributed by atoms with van der Waals surface area (Å²) in [4.78, 5) is 19.4. The Morgan fingerprint density at radius 2 is 2.14 bits per heavy atom. The molecule has 0 aromatic carbocycles. The summed E-state index contributed by atoms with van der Waals surface area (Å²) in [6.07, 6.45) is 3.26. The van der Waals surface area contributed by atoms with Crippen molar-refractivity contribution in [1.82, 2.24) is 9.97 Å². The Hall–Kier alpha value is -1.84. The summed E-state index contributed by atoms with van der Waals surface area (Å²) in [6, 6.07) is 2.16. The highest BCUT2D eigenvalue weighted by atomic mass is 16.1. The van der Waals surface area contributed by atoms with Gasteiger partial charge in [0.05, 0.1) is 11.0 Å². The van der Waals surface area contributed by atoms with Crippen molar-refractivity contribution < 1.29 is 4.79 Å². The van der Waals surface area contributed by atoms with E-state index in [0.717, 1.165) is 29.4 Å².